The van der Waals surface area contributed by atoms with Gasteiger partial charge in [-0.15, -0.1) is 0 Å². The van der Waals surface area contributed by atoms with Crippen LogP contribution in [0.4, 0.5) is 0 Å². The minimum Gasteiger partial charge on any atom is -0.379 e. The van der Waals surface area contributed by atoms with E-state index in [1.807, 2.05) is 7.05 Å². The molecule has 2 heterocycles. The molecule has 1 aromatic rings. The summed E-state index contributed by atoms with van der Waals surface area (Å²) in [6.07, 6.45) is 3.60. The van der Waals surface area contributed by atoms with E-state index in [1.165, 1.54) is 12.8 Å². The van der Waals surface area contributed by atoms with Gasteiger partial charge in [-0.2, -0.15) is 4.98 Å². The first-order chi connectivity index (χ1) is 7.86. The Morgan fingerprint density at radius 3 is 3.00 bits per heavy atom. The summed E-state index contributed by atoms with van der Waals surface area (Å²) in [5.41, 5.74) is 0. The molecule has 0 spiro atoms. The van der Waals surface area contributed by atoms with Crippen LogP contribution in [0.15, 0.2) is 4.52 Å². The highest BCUT2D eigenvalue weighted by molar-refractivity contribution is 5.03. The predicted octanol–water partition coefficient (Wildman–Crippen LogP) is 0.724. The highest BCUT2D eigenvalue weighted by Gasteiger charge is 2.33. The van der Waals surface area contributed by atoms with Gasteiger partial charge in [-0.25, -0.2) is 0 Å². The number of hydrogen-bond donors (Lipinski definition) is 1. The summed E-state index contributed by atoms with van der Waals surface area (Å²) in [6.45, 7) is 1.40. The van der Waals surface area contributed by atoms with Crippen LogP contribution in [-0.2, 0) is 11.2 Å². The van der Waals surface area contributed by atoms with Gasteiger partial charge in [0.05, 0.1) is 19.1 Å². The van der Waals surface area contributed by atoms with Crippen molar-refractivity contribution in [2.75, 3.05) is 20.3 Å². The fraction of sp³-hybridized carbons (Fsp3) is 0.818. The Balaban J connectivity index is 1.70. The van der Waals surface area contributed by atoms with Crippen molar-refractivity contribution in [3.8, 4) is 0 Å². The third kappa shape index (κ3) is 1.97. The van der Waals surface area contributed by atoms with Crippen molar-refractivity contribution in [2.24, 2.45) is 5.92 Å². The highest BCUT2D eigenvalue weighted by Crippen LogP contribution is 2.32. The molecule has 1 aliphatic heterocycles. The van der Waals surface area contributed by atoms with Crippen LogP contribution >= 0.6 is 0 Å². The quantitative estimate of drug-likeness (QED) is 0.815. The Hall–Kier alpha value is -0.940. The second kappa shape index (κ2) is 4.14. The van der Waals surface area contributed by atoms with E-state index in [0.29, 0.717) is 12.6 Å². The highest BCUT2D eigenvalue weighted by atomic mass is 16.5. The van der Waals surface area contributed by atoms with Crippen LogP contribution in [0, 0.1) is 5.92 Å². The van der Waals surface area contributed by atoms with Gasteiger partial charge in [0.15, 0.2) is 5.82 Å². The summed E-state index contributed by atoms with van der Waals surface area (Å²) in [7, 11) is 1.94. The molecule has 1 aromatic heterocycles. The van der Waals surface area contributed by atoms with Crippen LogP contribution in [0.2, 0.25) is 0 Å². The smallest absolute Gasteiger partial charge is 0.233 e. The zero-order valence-electron chi connectivity index (χ0n) is 9.48. The molecule has 3 rings (SSSR count). The Morgan fingerprint density at radius 1 is 1.38 bits per heavy atom. The van der Waals surface area contributed by atoms with Crippen molar-refractivity contribution in [3.05, 3.63) is 11.7 Å². The van der Waals surface area contributed by atoms with Crippen molar-refractivity contribution < 1.29 is 9.26 Å². The molecular formula is C11H17N3O2. The molecule has 0 radical (unpaired) electrons. The van der Waals surface area contributed by atoms with Crippen LogP contribution in [0.25, 0.3) is 0 Å². The van der Waals surface area contributed by atoms with E-state index in [-0.39, 0.29) is 5.92 Å². The lowest BCUT2D eigenvalue weighted by molar-refractivity contribution is 0.185. The Bertz CT molecular complexity index is 362. The standard InChI is InChI=1S/C11H17N3O2/c1-12-9-6-15-5-8(9)11-13-10(14-16-11)4-7-2-3-7/h7-9,12H,2-6H2,1H3. The molecule has 5 heteroatoms. The molecule has 1 aliphatic carbocycles. The molecule has 1 N–H and O–H groups in total. The number of rotatable bonds is 4. The maximum atomic E-state index is 5.43. The van der Waals surface area contributed by atoms with Crippen molar-refractivity contribution in [1.29, 1.82) is 0 Å². The molecule has 2 atom stereocenters. The van der Waals surface area contributed by atoms with Crippen LogP contribution in [0.1, 0.15) is 30.5 Å². The Morgan fingerprint density at radius 2 is 2.25 bits per heavy atom. The van der Waals surface area contributed by atoms with Crippen molar-refractivity contribution >= 4 is 0 Å². The zero-order valence-corrected chi connectivity index (χ0v) is 9.48. The van der Waals surface area contributed by atoms with Crippen LogP contribution < -0.4 is 5.32 Å². The van der Waals surface area contributed by atoms with E-state index in [2.05, 4.69) is 15.5 Å². The van der Waals surface area contributed by atoms with E-state index < -0.39 is 0 Å². The number of nitrogens with one attached hydrogen (secondary N) is 1. The second-order valence-electron chi connectivity index (χ2n) is 4.74. The molecule has 0 aromatic carbocycles. The molecule has 1 saturated heterocycles. The largest absolute Gasteiger partial charge is 0.379 e. The first-order valence-corrected chi connectivity index (χ1v) is 5.94. The molecule has 88 valence electrons. The van der Waals surface area contributed by atoms with E-state index in [0.717, 1.165) is 30.7 Å². The summed E-state index contributed by atoms with van der Waals surface area (Å²) < 4.78 is 10.8. The number of hydrogen-bond acceptors (Lipinski definition) is 5. The predicted molar refractivity (Wildman–Crippen MR) is 57.1 cm³/mol. The lowest BCUT2D eigenvalue weighted by Gasteiger charge is -2.11. The molecule has 0 amide bonds. The average molecular weight is 223 g/mol. The Kier molecular flexibility index (Phi) is 2.65. The van der Waals surface area contributed by atoms with Gasteiger partial charge < -0.3 is 14.6 Å². The van der Waals surface area contributed by atoms with E-state index in [9.17, 15) is 0 Å². The summed E-state index contributed by atoms with van der Waals surface area (Å²) in [4.78, 5) is 4.47. The van der Waals surface area contributed by atoms with E-state index >= 15 is 0 Å². The van der Waals surface area contributed by atoms with Crippen molar-refractivity contribution in [3.63, 3.8) is 0 Å². The third-order valence-electron chi connectivity index (χ3n) is 3.42. The molecular weight excluding hydrogens is 206 g/mol. The number of likely N-dealkylation sites (N-methyl/N-ethyl adjacent to an activating group) is 1. The average Bonchev–Trinajstić information content (AvgIpc) is 2.82. The summed E-state index contributed by atoms with van der Waals surface area (Å²) >= 11 is 0. The monoisotopic (exact) mass is 223 g/mol. The topological polar surface area (TPSA) is 60.2 Å². The SMILES string of the molecule is CNC1COCC1c1nc(CC2CC2)no1. The molecule has 2 unspecified atom stereocenters. The van der Waals surface area contributed by atoms with Gasteiger partial charge in [-0.1, -0.05) is 5.16 Å². The number of aromatic nitrogens is 2. The van der Waals surface area contributed by atoms with Crippen LogP contribution in [0.3, 0.4) is 0 Å². The van der Waals surface area contributed by atoms with Gasteiger partial charge >= 0.3 is 0 Å². The van der Waals surface area contributed by atoms with Crippen molar-refractivity contribution in [1.82, 2.24) is 15.5 Å². The van der Waals surface area contributed by atoms with Gasteiger partial charge in [0.1, 0.15) is 0 Å². The molecule has 0 bridgehead atoms. The fourth-order valence-electron chi connectivity index (χ4n) is 2.16. The molecule has 1 saturated carbocycles. The van der Waals surface area contributed by atoms with E-state index in [1.54, 1.807) is 0 Å². The van der Waals surface area contributed by atoms with Crippen molar-refractivity contribution in [2.45, 2.75) is 31.2 Å². The normalized spacial score (nSPS) is 29.8. The molecule has 16 heavy (non-hydrogen) atoms. The molecule has 2 aliphatic rings. The minimum atomic E-state index is 0.213. The van der Waals surface area contributed by atoms with Gasteiger partial charge in [-0.3, -0.25) is 0 Å². The third-order valence-corrected chi connectivity index (χ3v) is 3.42. The lowest BCUT2D eigenvalue weighted by atomic mass is 10.0. The maximum Gasteiger partial charge on any atom is 0.233 e. The summed E-state index contributed by atoms with van der Waals surface area (Å²) in [5, 5.41) is 7.26. The van der Waals surface area contributed by atoms with Gasteiger partial charge in [0.2, 0.25) is 5.89 Å². The summed E-state index contributed by atoms with van der Waals surface area (Å²) in [6, 6.07) is 0.300. The molecule has 5 nitrogen and oxygen atoms in total. The van der Waals surface area contributed by atoms with Gasteiger partial charge in [-0.05, 0) is 25.8 Å². The van der Waals surface area contributed by atoms with E-state index in [4.69, 9.17) is 9.26 Å². The maximum absolute atomic E-state index is 5.43. The van der Waals surface area contributed by atoms with Gasteiger partial charge in [0.25, 0.3) is 0 Å². The molecule has 2 fully saturated rings. The number of nitrogens with zero attached hydrogens (tertiary/aromatic N) is 2. The zero-order chi connectivity index (χ0) is 11.0. The minimum absolute atomic E-state index is 0.213. The van der Waals surface area contributed by atoms with Gasteiger partial charge in [0, 0.05) is 12.5 Å². The van der Waals surface area contributed by atoms with Crippen LogP contribution in [-0.4, -0.2) is 36.4 Å². The summed E-state index contributed by atoms with van der Waals surface area (Å²) in [5.74, 6) is 2.60. The second-order valence-corrected chi connectivity index (χ2v) is 4.74. The number of ether oxygens (including phenoxy) is 1. The fourth-order valence-corrected chi connectivity index (χ4v) is 2.16. The first-order valence-electron chi connectivity index (χ1n) is 5.94. The first kappa shape index (κ1) is 10.2. The lowest BCUT2D eigenvalue weighted by Crippen LogP contribution is -2.31. The van der Waals surface area contributed by atoms with Crippen LogP contribution in [0.5, 0.6) is 0 Å². The Labute approximate surface area is 94.6 Å².